The molecule has 0 radical (unpaired) electrons. The summed E-state index contributed by atoms with van der Waals surface area (Å²) in [5.41, 5.74) is 1.21. The minimum absolute atomic E-state index is 0.124. The Morgan fingerprint density at radius 3 is 2.13 bits per heavy atom. The molecule has 0 bridgehead atoms. The van der Waals surface area contributed by atoms with Crippen LogP contribution in [0.3, 0.4) is 0 Å². The van der Waals surface area contributed by atoms with Crippen molar-refractivity contribution in [3.8, 4) is 0 Å². The Morgan fingerprint density at radius 1 is 0.900 bits per heavy atom. The summed E-state index contributed by atoms with van der Waals surface area (Å²) < 4.78 is 14.8. The molecule has 0 heterocycles. The number of aliphatic hydroxyl groups is 1. The van der Waals surface area contributed by atoms with Gasteiger partial charge in [-0.05, 0) is 37.8 Å². The van der Waals surface area contributed by atoms with Gasteiger partial charge in [0.05, 0.1) is 24.4 Å². The van der Waals surface area contributed by atoms with Gasteiger partial charge in [0.2, 0.25) is 5.91 Å². The Balaban J connectivity index is 1.74. The zero-order chi connectivity index (χ0) is 21.3. The average molecular weight is 421 g/mol. The number of hydrogen-bond donors (Lipinski definition) is 5. The number of rotatable bonds is 9. The molecule has 0 unspecified atom stereocenters. The molecule has 166 valence electrons. The maximum absolute atomic E-state index is 14.8. The lowest BCUT2D eigenvalue weighted by atomic mass is 9.95. The number of carbonyl (C=O) groups excluding carboxylic acids is 2. The van der Waals surface area contributed by atoms with E-state index in [1.807, 2.05) is 0 Å². The van der Waals surface area contributed by atoms with Crippen molar-refractivity contribution in [2.45, 2.75) is 69.9 Å². The Labute approximate surface area is 177 Å². The molecule has 1 aromatic carbocycles. The summed E-state index contributed by atoms with van der Waals surface area (Å²) in [6.45, 7) is -0.277. The summed E-state index contributed by atoms with van der Waals surface area (Å²) in [6, 6.07) is 3.46. The number of benzene rings is 1. The highest BCUT2D eigenvalue weighted by molar-refractivity contribution is 6.01. The van der Waals surface area contributed by atoms with Gasteiger partial charge in [-0.1, -0.05) is 32.1 Å². The van der Waals surface area contributed by atoms with Crippen molar-refractivity contribution in [1.82, 2.24) is 10.6 Å². The maximum Gasteiger partial charge on any atom is 0.253 e. The van der Waals surface area contributed by atoms with Gasteiger partial charge in [0.15, 0.2) is 0 Å². The first-order chi connectivity index (χ1) is 14.6. The molecular weight excluding hydrogens is 387 g/mol. The van der Waals surface area contributed by atoms with Crippen LogP contribution in [-0.4, -0.2) is 48.7 Å². The van der Waals surface area contributed by atoms with Crippen molar-refractivity contribution in [2.24, 2.45) is 0 Å². The molecule has 3 rings (SSSR count). The van der Waals surface area contributed by atoms with Crippen LogP contribution in [-0.2, 0) is 4.79 Å². The molecule has 0 atom stereocenters. The maximum atomic E-state index is 14.8. The van der Waals surface area contributed by atoms with Gasteiger partial charge < -0.3 is 26.4 Å². The second-order valence-corrected chi connectivity index (χ2v) is 8.24. The smallest absolute Gasteiger partial charge is 0.253 e. The largest absolute Gasteiger partial charge is 0.395 e. The summed E-state index contributed by atoms with van der Waals surface area (Å²) in [5.74, 6) is -1.37. The first kappa shape index (κ1) is 22.3. The number of nitrogens with one attached hydrogen (secondary N) is 4. The molecule has 1 aromatic rings. The second kappa shape index (κ2) is 11.2. The summed E-state index contributed by atoms with van der Waals surface area (Å²) in [6.07, 6.45) is 9.88. The molecule has 2 saturated carbocycles. The molecule has 2 fully saturated rings. The summed E-state index contributed by atoms with van der Waals surface area (Å²) in [5, 5.41) is 20.5. The standard InChI is InChI=1S/C22H33FN4O3/c23-18-12-17(22(30)25-14-21(29)24-10-11-28)19(26-15-8-4-5-9-15)13-20(18)27-16-6-2-1-3-7-16/h12-13,15-16,26-28H,1-11,14H2,(H,24,29)(H,25,30). The van der Waals surface area contributed by atoms with Crippen molar-refractivity contribution < 1.29 is 19.1 Å². The number of aliphatic hydroxyl groups excluding tert-OH is 1. The molecular formula is C22H33FN4O3. The Bertz CT molecular complexity index is 731. The van der Waals surface area contributed by atoms with Gasteiger partial charge >= 0.3 is 0 Å². The van der Waals surface area contributed by atoms with E-state index in [0.29, 0.717) is 11.4 Å². The summed E-state index contributed by atoms with van der Waals surface area (Å²) in [4.78, 5) is 24.4. The molecule has 0 aliphatic heterocycles. The van der Waals surface area contributed by atoms with Crippen LogP contribution in [0.5, 0.6) is 0 Å². The first-order valence-electron chi connectivity index (χ1n) is 11.1. The zero-order valence-corrected chi connectivity index (χ0v) is 17.4. The van der Waals surface area contributed by atoms with Crippen LogP contribution in [0.2, 0.25) is 0 Å². The molecule has 0 spiro atoms. The lowest BCUT2D eigenvalue weighted by Gasteiger charge is -2.25. The fraction of sp³-hybridized carbons (Fsp3) is 0.636. The quantitative estimate of drug-likeness (QED) is 0.423. The molecule has 30 heavy (non-hydrogen) atoms. The third-order valence-corrected chi connectivity index (χ3v) is 5.87. The highest BCUT2D eigenvalue weighted by Gasteiger charge is 2.22. The minimum atomic E-state index is -0.502. The van der Waals surface area contributed by atoms with Crippen LogP contribution in [0.4, 0.5) is 15.8 Å². The normalized spacial score (nSPS) is 17.5. The van der Waals surface area contributed by atoms with E-state index in [1.54, 1.807) is 6.07 Å². The van der Waals surface area contributed by atoms with Crippen LogP contribution >= 0.6 is 0 Å². The number of carbonyl (C=O) groups is 2. The number of amides is 2. The predicted octanol–water partition coefficient (Wildman–Crippen LogP) is 2.76. The molecule has 2 aliphatic rings. The van der Waals surface area contributed by atoms with E-state index >= 15 is 0 Å². The SMILES string of the molecule is O=C(CNC(=O)c1cc(F)c(NC2CCCCC2)cc1NC1CCCC1)NCCO. The topological polar surface area (TPSA) is 102 Å². The van der Waals surface area contributed by atoms with Crippen LogP contribution in [0.25, 0.3) is 0 Å². The average Bonchev–Trinajstić information content (AvgIpc) is 3.26. The molecule has 0 aromatic heterocycles. The number of hydrogen-bond acceptors (Lipinski definition) is 5. The second-order valence-electron chi connectivity index (χ2n) is 8.24. The third kappa shape index (κ3) is 6.32. The highest BCUT2D eigenvalue weighted by atomic mass is 19.1. The zero-order valence-electron chi connectivity index (χ0n) is 17.4. The van der Waals surface area contributed by atoms with Crippen LogP contribution in [0.15, 0.2) is 12.1 Å². The summed E-state index contributed by atoms with van der Waals surface area (Å²) in [7, 11) is 0. The lowest BCUT2D eigenvalue weighted by Crippen LogP contribution is -2.38. The molecule has 2 aliphatic carbocycles. The highest BCUT2D eigenvalue weighted by Crippen LogP contribution is 2.30. The van der Waals surface area contributed by atoms with E-state index in [4.69, 9.17) is 5.11 Å². The van der Waals surface area contributed by atoms with Crippen molar-refractivity contribution in [2.75, 3.05) is 30.3 Å². The van der Waals surface area contributed by atoms with E-state index in [-0.39, 0.29) is 37.3 Å². The van der Waals surface area contributed by atoms with E-state index in [2.05, 4.69) is 21.3 Å². The monoisotopic (exact) mass is 420 g/mol. The molecule has 2 amide bonds. The Kier molecular flexibility index (Phi) is 8.30. The Hall–Kier alpha value is -2.35. The van der Waals surface area contributed by atoms with Crippen molar-refractivity contribution in [3.63, 3.8) is 0 Å². The Morgan fingerprint density at radius 2 is 1.50 bits per heavy atom. The van der Waals surface area contributed by atoms with Gasteiger partial charge in [0.25, 0.3) is 5.91 Å². The number of halogens is 1. The van der Waals surface area contributed by atoms with Gasteiger partial charge in [-0.2, -0.15) is 0 Å². The van der Waals surface area contributed by atoms with E-state index < -0.39 is 17.6 Å². The predicted molar refractivity (Wildman–Crippen MR) is 115 cm³/mol. The summed E-state index contributed by atoms with van der Waals surface area (Å²) >= 11 is 0. The fourth-order valence-corrected chi connectivity index (χ4v) is 4.26. The number of anilines is 2. The van der Waals surface area contributed by atoms with Gasteiger partial charge in [0, 0.05) is 24.3 Å². The third-order valence-electron chi connectivity index (χ3n) is 5.87. The van der Waals surface area contributed by atoms with Crippen LogP contribution < -0.4 is 21.3 Å². The molecule has 5 N–H and O–H groups in total. The van der Waals surface area contributed by atoms with E-state index in [0.717, 1.165) is 51.4 Å². The molecule has 7 nitrogen and oxygen atoms in total. The van der Waals surface area contributed by atoms with Crippen LogP contribution in [0.1, 0.15) is 68.1 Å². The van der Waals surface area contributed by atoms with E-state index in [1.165, 1.54) is 12.5 Å². The van der Waals surface area contributed by atoms with Crippen LogP contribution in [0, 0.1) is 5.82 Å². The first-order valence-corrected chi connectivity index (χ1v) is 11.1. The fourth-order valence-electron chi connectivity index (χ4n) is 4.26. The lowest BCUT2D eigenvalue weighted by molar-refractivity contribution is -0.120. The van der Waals surface area contributed by atoms with Gasteiger partial charge in [-0.15, -0.1) is 0 Å². The van der Waals surface area contributed by atoms with Crippen molar-refractivity contribution in [3.05, 3.63) is 23.5 Å². The van der Waals surface area contributed by atoms with E-state index in [9.17, 15) is 14.0 Å². The van der Waals surface area contributed by atoms with Crippen molar-refractivity contribution in [1.29, 1.82) is 0 Å². The van der Waals surface area contributed by atoms with Gasteiger partial charge in [-0.3, -0.25) is 9.59 Å². The minimum Gasteiger partial charge on any atom is -0.395 e. The van der Waals surface area contributed by atoms with Gasteiger partial charge in [-0.25, -0.2) is 4.39 Å². The molecule has 8 heteroatoms. The molecule has 0 saturated heterocycles. The van der Waals surface area contributed by atoms with Crippen molar-refractivity contribution >= 4 is 23.2 Å². The van der Waals surface area contributed by atoms with Gasteiger partial charge in [0.1, 0.15) is 5.82 Å².